The Morgan fingerprint density at radius 3 is 2.41 bits per heavy atom. The van der Waals surface area contributed by atoms with E-state index in [9.17, 15) is 0 Å². The number of hydrogen-bond acceptors (Lipinski definition) is 4. The third kappa shape index (κ3) is 4.30. The lowest BCUT2D eigenvalue weighted by atomic mass is 9.95. The molecular formula is C13H24N4. The molecule has 0 radical (unpaired) electrons. The van der Waals surface area contributed by atoms with E-state index in [2.05, 4.69) is 29.1 Å². The van der Waals surface area contributed by atoms with Crippen molar-refractivity contribution in [3.8, 4) is 0 Å². The number of rotatable bonds is 6. The zero-order valence-corrected chi connectivity index (χ0v) is 11.3. The Kier molecular flexibility index (Phi) is 5.35. The quantitative estimate of drug-likeness (QED) is 0.795. The third-order valence-electron chi connectivity index (χ3n) is 3.14. The lowest BCUT2D eigenvalue weighted by Crippen LogP contribution is -2.36. The van der Waals surface area contributed by atoms with Gasteiger partial charge in [0.25, 0.3) is 0 Å². The van der Waals surface area contributed by atoms with Gasteiger partial charge in [-0.2, -0.15) is 0 Å². The van der Waals surface area contributed by atoms with Crippen molar-refractivity contribution >= 4 is 5.82 Å². The molecule has 17 heavy (non-hydrogen) atoms. The predicted molar refractivity (Wildman–Crippen MR) is 72.0 cm³/mol. The fourth-order valence-electron chi connectivity index (χ4n) is 2.09. The third-order valence-corrected chi connectivity index (χ3v) is 3.14. The number of hydrogen-bond donors (Lipinski definition) is 2. The first kappa shape index (κ1) is 13.9. The number of aromatic nitrogens is 2. The van der Waals surface area contributed by atoms with Crippen LogP contribution in [0.25, 0.3) is 0 Å². The summed E-state index contributed by atoms with van der Waals surface area (Å²) in [5.74, 6) is 2.24. The first-order valence-electron chi connectivity index (χ1n) is 6.38. The Bertz CT molecular complexity index is 327. The second-order valence-corrected chi connectivity index (χ2v) is 4.56. The zero-order valence-electron chi connectivity index (χ0n) is 11.3. The molecule has 1 heterocycles. The summed E-state index contributed by atoms with van der Waals surface area (Å²) >= 11 is 0. The van der Waals surface area contributed by atoms with Gasteiger partial charge in [0.2, 0.25) is 0 Å². The largest absolute Gasteiger partial charge is 0.368 e. The first-order valence-corrected chi connectivity index (χ1v) is 6.38. The highest BCUT2D eigenvalue weighted by molar-refractivity contribution is 5.35. The van der Waals surface area contributed by atoms with E-state index in [0.29, 0.717) is 5.92 Å². The van der Waals surface area contributed by atoms with Crippen molar-refractivity contribution in [3.05, 3.63) is 17.6 Å². The fraction of sp³-hybridized carbons (Fsp3) is 0.692. The summed E-state index contributed by atoms with van der Waals surface area (Å²) in [5.41, 5.74) is 7.14. The average Bonchev–Trinajstić information content (AvgIpc) is 2.27. The molecule has 3 N–H and O–H groups in total. The van der Waals surface area contributed by atoms with Crippen LogP contribution in [-0.4, -0.2) is 22.6 Å². The smallest absolute Gasteiger partial charge is 0.129 e. The monoisotopic (exact) mass is 236 g/mol. The maximum atomic E-state index is 6.16. The molecule has 0 aromatic carbocycles. The summed E-state index contributed by atoms with van der Waals surface area (Å²) in [6, 6.07) is 2.13. The van der Waals surface area contributed by atoms with Gasteiger partial charge in [-0.3, -0.25) is 0 Å². The molecule has 0 bridgehead atoms. The van der Waals surface area contributed by atoms with E-state index in [1.54, 1.807) is 0 Å². The minimum Gasteiger partial charge on any atom is -0.368 e. The zero-order chi connectivity index (χ0) is 12.8. The highest BCUT2D eigenvalue weighted by Crippen LogP contribution is 2.12. The molecule has 0 saturated heterocycles. The second-order valence-electron chi connectivity index (χ2n) is 4.56. The Morgan fingerprint density at radius 2 is 1.88 bits per heavy atom. The van der Waals surface area contributed by atoms with Gasteiger partial charge < -0.3 is 11.1 Å². The van der Waals surface area contributed by atoms with Gasteiger partial charge in [-0.15, -0.1) is 0 Å². The molecule has 0 spiro atoms. The van der Waals surface area contributed by atoms with E-state index in [-0.39, 0.29) is 6.04 Å². The van der Waals surface area contributed by atoms with Crippen LogP contribution < -0.4 is 11.1 Å². The summed E-state index contributed by atoms with van der Waals surface area (Å²) in [5, 5.41) is 3.30. The molecule has 96 valence electrons. The first-order chi connectivity index (χ1) is 8.06. The lowest BCUT2D eigenvalue weighted by Gasteiger charge is -2.21. The second kappa shape index (κ2) is 6.55. The molecule has 4 nitrogen and oxygen atoms in total. The van der Waals surface area contributed by atoms with Crippen molar-refractivity contribution < 1.29 is 0 Å². The Balaban J connectivity index is 2.55. The predicted octanol–water partition coefficient (Wildman–Crippen LogP) is 2.27. The summed E-state index contributed by atoms with van der Waals surface area (Å²) < 4.78 is 0. The van der Waals surface area contributed by atoms with Crippen molar-refractivity contribution in [1.82, 2.24) is 9.97 Å². The van der Waals surface area contributed by atoms with Crippen molar-refractivity contribution in [1.29, 1.82) is 0 Å². The lowest BCUT2D eigenvalue weighted by molar-refractivity contribution is 0.407. The van der Waals surface area contributed by atoms with Crippen molar-refractivity contribution in [2.45, 2.75) is 46.6 Å². The van der Waals surface area contributed by atoms with Crippen LogP contribution in [-0.2, 0) is 0 Å². The fourth-order valence-corrected chi connectivity index (χ4v) is 2.09. The highest BCUT2D eigenvalue weighted by Gasteiger charge is 2.13. The molecule has 1 rings (SSSR count). The molecule has 0 saturated carbocycles. The van der Waals surface area contributed by atoms with Crippen LogP contribution in [0.15, 0.2) is 6.07 Å². The summed E-state index contributed by atoms with van der Waals surface area (Å²) in [7, 11) is 0. The van der Waals surface area contributed by atoms with Gasteiger partial charge in [-0.25, -0.2) is 9.97 Å². The minimum absolute atomic E-state index is 0.181. The van der Waals surface area contributed by atoms with Crippen molar-refractivity contribution in [2.24, 2.45) is 11.7 Å². The molecule has 1 atom stereocenters. The van der Waals surface area contributed by atoms with Crippen LogP contribution >= 0.6 is 0 Å². The van der Waals surface area contributed by atoms with Crippen LogP contribution in [0, 0.1) is 19.8 Å². The van der Waals surface area contributed by atoms with Gasteiger partial charge in [0.15, 0.2) is 0 Å². The standard InChI is InChI=1S/C13H24N4/c1-5-11(6-2)12(14)8-15-13-7-9(3)16-10(4)17-13/h7,11-12H,5-6,8,14H2,1-4H3,(H,15,16,17). The molecule has 1 aromatic rings. The van der Waals surface area contributed by atoms with Crippen LogP contribution in [0.4, 0.5) is 5.82 Å². The Labute approximate surface area is 104 Å². The van der Waals surface area contributed by atoms with Gasteiger partial charge in [-0.1, -0.05) is 26.7 Å². The maximum absolute atomic E-state index is 6.16. The molecule has 0 amide bonds. The molecule has 0 aliphatic heterocycles. The number of nitrogens with two attached hydrogens (primary N) is 1. The maximum Gasteiger partial charge on any atom is 0.129 e. The van der Waals surface area contributed by atoms with Gasteiger partial charge >= 0.3 is 0 Å². The Hall–Kier alpha value is -1.16. The minimum atomic E-state index is 0.181. The summed E-state index contributed by atoms with van der Waals surface area (Å²) in [6.45, 7) is 9.02. The molecule has 1 aromatic heterocycles. The Morgan fingerprint density at radius 1 is 1.24 bits per heavy atom. The van der Waals surface area contributed by atoms with E-state index >= 15 is 0 Å². The topological polar surface area (TPSA) is 63.8 Å². The number of anilines is 1. The van der Waals surface area contributed by atoms with Crippen LogP contribution in [0.5, 0.6) is 0 Å². The van der Waals surface area contributed by atoms with E-state index in [1.807, 2.05) is 19.9 Å². The molecule has 0 fully saturated rings. The number of nitrogens with zero attached hydrogens (tertiary/aromatic N) is 2. The molecule has 0 aliphatic rings. The molecule has 0 aliphatic carbocycles. The van der Waals surface area contributed by atoms with Crippen LogP contribution in [0.3, 0.4) is 0 Å². The van der Waals surface area contributed by atoms with Crippen LogP contribution in [0.2, 0.25) is 0 Å². The van der Waals surface area contributed by atoms with E-state index in [1.165, 1.54) is 0 Å². The van der Waals surface area contributed by atoms with Crippen LogP contribution in [0.1, 0.15) is 38.2 Å². The number of nitrogens with one attached hydrogen (secondary N) is 1. The normalized spacial score (nSPS) is 12.8. The van der Waals surface area contributed by atoms with E-state index < -0.39 is 0 Å². The highest BCUT2D eigenvalue weighted by atomic mass is 15.0. The van der Waals surface area contributed by atoms with Crippen molar-refractivity contribution in [3.63, 3.8) is 0 Å². The van der Waals surface area contributed by atoms with Gasteiger partial charge in [0, 0.05) is 24.3 Å². The van der Waals surface area contributed by atoms with Gasteiger partial charge in [0.1, 0.15) is 11.6 Å². The average molecular weight is 236 g/mol. The van der Waals surface area contributed by atoms with Crippen molar-refractivity contribution in [2.75, 3.05) is 11.9 Å². The molecule has 4 heteroatoms. The van der Waals surface area contributed by atoms with E-state index in [4.69, 9.17) is 5.73 Å². The van der Waals surface area contributed by atoms with Gasteiger partial charge in [-0.05, 0) is 19.8 Å². The molecular weight excluding hydrogens is 212 g/mol. The van der Waals surface area contributed by atoms with E-state index in [0.717, 1.165) is 36.7 Å². The SMILES string of the molecule is CCC(CC)C(N)CNc1cc(C)nc(C)n1. The summed E-state index contributed by atoms with van der Waals surface area (Å²) in [6.07, 6.45) is 2.25. The summed E-state index contributed by atoms with van der Waals surface area (Å²) in [4.78, 5) is 8.59. The number of aryl methyl sites for hydroxylation is 2. The molecule has 1 unspecified atom stereocenters. The van der Waals surface area contributed by atoms with Gasteiger partial charge in [0.05, 0.1) is 0 Å².